The SMILES string of the molecule is CN(C)c1ccc(C(=O)N2CCN(S(=O)(=O)c3ccc(Cl)cc3)CC2)cc1F. The average Bonchev–Trinajstić information content (AvgIpc) is 2.67. The number of anilines is 1. The molecule has 2 aromatic carbocycles. The summed E-state index contributed by atoms with van der Waals surface area (Å²) in [7, 11) is -0.198. The predicted molar refractivity (Wildman–Crippen MR) is 107 cm³/mol. The van der Waals surface area contributed by atoms with Crippen LogP contribution in [0.25, 0.3) is 0 Å². The molecule has 28 heavy (non-hydrogen) atoms. The zero-order chi connectivity index (χ0) is 20.5. The van der Waals surface area contributed by atoms with E-state index in [0.29, 0.717) is 10.7 Å². The van der Waals surface area contributed by atoms with E-state index in [0.717, 1.165) is 0 Å². The first kappa shape index (κ1) is 20.6. The molecule has 0 N–H and O–H groups in total. The maximum Gasteiger partial charge on any atom is 0.254 e. The van der Waals surface area contributed by atoms with Crippen LogP contribution in [0.5, 0.6) is 0 Å². The summed E-state index contributed by atoms with van der Waals surface area (Å²) in [6, 6.07) is 10.3. The molecular weight excluding hydrogens is 405 g/mol. The highest BCUT2D eigenvalue weighted by Gasteiger charge is 2.30. The molecule has 9 heteroatoms. The van der Waals surface area contributed by atoms with Gasteiger partial charge in [0.2, 0.25) is 10.0 Å². The van der Waals surface area contributed by atoms with Gasteiger partial charge in [-0.1, -0.05) is 11.6 Å². The fourth-order valence-corrected chi connectivity index (χ4v) is 4.62. The molecule has 0 aliphatic carbocycles. The van der Waals surface area contributed by atoms with Gasteiger partial charge in [0.25, 0.3) is 5.91 Å². The van der Waals surface area contributed by atoms with Crippen molar-refractivity contribution in [1.29, 1.82) is 0 Å². The van der Waals surface area contributed by atoms with Gasteiger partial charge in [0, 0.05) is 50.9 Å². The molecule has 0 unspecified atom stereocenters. The summed E-state index contributed by atoms with van der Waals surface area (Å²) < 4.78 is 40.9. The zero-order valence-corrected chi connectivity index (χ0v) is 17.2. The summed E-state index contributed by atoms with van der Waals surface area (Å²) in [5.41, 5.74) is 0.646. The number of rotatable bonds is 4. The lowest BCUT2D eigenvalue weighted by molar-refractivity contribution is 0.0697. The molecule has 3 rings (SSSR count). The smallest absolute Gasteiger partial charge is 0.254 e. The van der Waals surface area contributed by atoms with E-state index in [4.69, 9.17) is 11.6 Å². The molecule has 1 aliphatic heterocycles. The number of amides is 1. The Morgan fingerprint density at radius 1 is 1.04 bits per heavy atom. The van der Waals surface area contributed by atoms with Crippen molar-refractivity contribution >= 4 is 33.2 Å². The summed E-state index contributed by atoms with van der Waals surface area (Å²) >= 11 is 5.82. The number of hydrogen-bond donors (Lipinski definition) is 0. The molecule has 1 fully saturated rings. The van der Waals surface area contributed by atoms with Gasteiger partial charge >= 0.3 is 0 Å². The van der Waals surface area contributed by atoms with E-state index in [2.05, 4.69) is 0 Å². The third-order valence-electron chi connectivity index (χ3n) is 4.65. The van der Waals surface area contributed by atoms with Crippen LogP contribution < -0.4 is 4.90 Å². The van der Waals surface area contributed by atoms with Crippen molar-refractivity contribution < 1.29 is 17.6 Å². The molecule has 0 bridgehead atoms. The monoisotopic (exact) mass is 425 g/mol. The first-order chi connectivity index (χ1) is 13.2. The van der Waals surface area contributed by atoms with E-state index in [9.17, 15) is 17.6 Å². The third kappa shape index (κ3) is 4.14. The molecule has 150 valence electrons. The van der Waals surface area contributed by atoms with Crippen LogP contribution in [0.4, 0.5) is 10.1 Å². The Morgan fingerprint density at radius 2 is 1.64 bits per heavy atom. The maximum atomic E-state index is 14.2. The molecule has 2 aromatic rings. The molecule has 0 atom stereocenters. The number of hydrogen-bond acceptors (Lipinski definition) is 4. The van der Waals surface area contributed by atoms with Gasteiger partial charge in [0.1, 0.15) is 5.82 Å². The Morgan fingerprint density at radius 3 is 2.18 bits per heavy atom. The van der Waals surface area contributed by atoms with Crippen molar-refractivity contribution in [3.8, 4) is 0 Å². The summed E-state index contributed by atoms with van der Waals surface area (Å²) in [5, 5.41) is 0.460. The van der Waals surface area contributed by atoms with Gasteiger partial charge in [0.05, 0.1) is 10.6 Å². The van der Waals surface area contributed by atoms with Crippen LogP contribution >= 0.6 is 11.6 Å². The van der Waals surface area contributed by atoms with Crippen molar-refractivity contribution in [2.45, 2.75) is 4.90 Å². The van der Waals surface area contributed by atoms with Crippen molar-refractivity contribution in [3.05, 3.63) is 58.9 Å². The molecule has 0 radical (unpaired) electrons. The Hall–Kier alpha value is -2.16. The number of carbonyl (C=O) groups excluding carboxylic acids is 1. The average molecular weight is 426 g/mol. The van der Waals surface area contributed by atoms with Gasteiger partial charge in [-0.25, -0.2) is 12.8 Å². The Bertz CT molecular complexity index is 972. The molecular formula is C19H21ClFN3O3S. The summed E-state index contributed by atoms with van der Waals surface area (Å²) in [6.45, 7) is 0.829. The Labute approximate surface area is 169 Å². The first-order valence-electron chi connectivity index (χ1n) is 8.72. The predicted octanol–water partition coefficient (Wildman–Crippen LogP) is 2.69. The molecule has 1 heterocycles. The summed E-state index contributed by atoms with van der Waals surface area (Å²) in [5.74, 6) is -0.785. The number of nitrogens with zero attached hydrogens (tertiary/aromatic N) is 3. The van der Waals surface area contributed by atoms with Crippen LogP contribution in [-0.4, -0.2) is 63.8 Å². The van der Waals surface area contributed by atoms with Gasteiger partial charge in [-0.15, -0.1) is 0 Å². The highest BCUT2D eigenvalue weighted by atomic mass is 35.5. The second-order valence-electron chi connectivity index (χ2n) is 6.71. The largest absolute Gasteiger partial charge is 0.375 e. The lowest BCUT2D eigenvalue weighted by atomic mass is 10.1. The molecule has 1 aliphatic rings. The molecule has 0 spiro atoms. The van der Waals surface area contributed by atoms with Crippen molar-refractivity contribution in [3.63, 3.8) is 0 Å². The van der Waals surface area contributed by atoms with Crippen LogP contribution in [0, 0.1) is 5.82 Å². The topological polar surface area (TPSA) is 60.9 Å². The van der Waals surface area contributed by atoms with Crippen LogP contribution in [0.1, 0.15) is 10.4 Å². The minimum Gasteiger partial charge on any atom is -0.375 e. The van der Waals surface area contributed by atoms with E-state index in [1.165, 1.54) is 39.5 Å². The lowest BCUT2D eigenvalue weighted by Gasteiger charge is -2.34. The molecule has 6 nitrogen and oxygen atoms in total. The van der Waals surface area contributed by atoms with Crippen molar-refractivity contribution in [2.24, 2.45) is 0 Å². The number of sulfonamides is 1. The van der Waals surface area contributed by atoms with Crippen LogP contribution in [0.3, 0.4) is 0 Å². The van der Waals surface area contributed by atoms with Gasteiger partial charge in [0.15, 0.2) is 0 Å². The summed E-state index contributed by atoms with van der Waals surface area (Å²) in [4.78, 5) is 16.0. The fourth-order valence-electron chi connectivity index (χ4n) is 3.07. The van der Waals surface area contributed by atoms with Gasteiger partial charge in [-0.05, 0) is 42.5 Å². The Balaban J connectivity index is 1.69. The van der Waals surface area contributed by atoms with Crippen LogP contribution in [0.15, 0.2) is 47.4 Å². The number of halogens is 2. The zero-order valence-electron chi connectivity index (χ0n) is 15.6. The highest BCUT2D eigenvalue weighted by molar-refractivity contribution is 7.89. The third-order valence-corrected chi connectivity index (χ3v) is 6.82. The minimum absolute atomic E-state index is 0.165. The van der Waals surface area contributed by atoms with E-state index >= 15 is 0 Å². The quantitative estimate of drug-likeness (QED) is 0.755. The van der Waals surface area contributed by atoms with E-state index in [1.807, 2.05) is 0 Å². The number of carbonyl (C=O) groups is 1. The molecule has 0 aromatic heterocycles. The summed E-state index contributed by atoms with van der Waals surface area (Å²) in [6.07, 6.45) is 0. The second-order valence-corrected chi connectivity index (χ2v) is 9.09. The van der Waals surface area contributed by atoms with Crippen molar-refractivity contribution in [1.82, 2.24) is 9.21 Å². The van der Waals surface area contributed by atoms with Crippen LogP contribution in [-0.2, 0) is 10.0 Å². The molecule has 1 saturated heterocycles. The van der Waals surface area contributed by atoms with Gasteiger partial charge in [-0.3, -0.25) is 4.79 Å². The van der Waals surface area contributed by atoms with Crippen molar-refractivity contribution in [2.75, 3.05) is 45.2 Å². The number of piperazine rings is 1. The first-order valence-corrected chi connectivity index (χ1v) is 10.5. The fraction of sp³-hybridized carbons (Fsp3) is 0.316. The van der Waals surface area contributed by atoms with E-state index < -0.39 is 15.8 Å². The Kier molecular flexibility index (Phi) is 5.92. The maximum absolute atomic E-state index is 14.2. The second kappa shape index (κ2) is 8.06. The minimum atomic E-state index is -3.64. The van der Waals surface area contributed by atoms with Gasteiger partial charge in [-0.2, -0.15) is 4.31 Å². The standard InChI is InChI=1S/C19H21ClFN3O3S/c1-22(2)18-8-3-14(13-17(18)21)19(25)23-9-11-24(12-10-23)28(26,27)16-6-4-15(20)5-7-16/h3-8,13H,9-12H2,1-2H3. The molecule has 0 saturated carbocycles. The van der Waals surface area contributed by atoms with Crippen LogP contribution in [0.2, 0.25) is 5.02 Å². The lowest BCUT2D eigenvalue weighted by Crippen LogP contribution is -2.50. The van der Waals surface area contributed by atoms with E-state index in [-0.39, 0.29) is 42.5 Å². The van der Waals surface area contributed by atoms with Gasteiger partial charge < -0.3 is 9.80 Å². The molecule has 1 amide bonds. The normalized spacial score (nSPS) is 15.5. The highest BCUT2D eigenvalue weighted by Crippen LogP contribution is 2.22. The number of benzene rings is 2. The van der Waals surface area contributed by atoms with E-state index in [1.54, 1.807) is 31.1 Å².